The lowest BCUT2D eigenvalue weighted by molar-refractivity contribution is -0.138. The van der Waals surface area contributed by atoms with Crippen molar-refractivity contribution in [3.05, 3.63) is 59.7 Å². The predicted octanol–water partition coefficient (Wildman–Crippen LogP) is 4.68. The summed E-state index contributed by atoms with van der Waals surface area (Å²) in [4.78, 5) is 12.3. The average molecular weight is 425 g/mol. The number of hydrogen-bond donors (Lipinski definition) is 0. The SMILES string of the molecule is CCOC(=O)C1=CCN(SI)C1c1cccc2ccccc12. The largest absolute Gasteiger partial charge is 0.463 e. The van der Waals surface area contributed by atoms with E-state index in [1.54, 1.807) is 9.12 Å². The van der Waals surface area contributed by atoms with E-state index < -0.39 is 0 Å². The van der Waals surface area contributed by atoms with Crippen molar-refractivity contribution < 1.29 is 9.53 Å². The number of ether oxygens (including phenoxy) is 1. The molecule has 1 heterocycles. The molecule has 0 amide bonds. The van der Waals surface area contributed by atoms with E-state index in [2.05, 4.69) is 55.8 Å². The lowest BCUT2D eigenvalue weighted by Crippen LogP contribution is -2.21. The first-order valence-corrected chi connectivity index (χ1v) is 10.5. The summed E-state index contributed by atoms with van der Waals surface area (Å²) >= 11 is 2.27. The second kappa shape index (κ2) is 7.02. The third-order valence-electron chi connectivity index (χ3n) is 3.79. The fraction of sp³-hybridized carbons (Fsp3) is 0.235. The summed E-state index contributed by atoms with van der Waals surface area (Å²) in [5.41, 5.74) is 1.89. The molecule has 0 saturated heterocycles. The highest BCUT2D eigenvalue weighted by Gasteiger charge is 2.34. The normalized spacial score (nSPS) is 18.5. The van der Waals surface area contributed by atoms with E-state index in [1.165, 1.54) is 10.8 Å². The molecule has 0 aliphatic carbocycles. The van der Waals surface area contributed by atoms with Gasteiger partial charge in [0.15, 0.2) is 0 Å². The number of carbonyl (C=O) groups is 1. The third kappa shape index (κ3) is 2.89. The van der Waals surface area contributed by atoms with Crippen LogP contribution in [-0.4, -0.2) is 23.4 Å². The van der Waals surface area contributed by atoms with Crippen LogP contribution in [0.1, 0.15) is 18.5 Å². The number of halogens is 1. The lowest BCUT2D eigenvalue weighted by atomic mass is 9.95. The van der Waals surface area contributed by atoms with Crippen LogP contribution in [0.4, 0.5) is 0 Å². The number of benzene rings is 2. The molecule has 0 aromatic heterocycles. The zero-order valence-corrected chi connectivity index (χ0v) is 15.1. The van der Waals surface area contributed by atoms with Gasteiger partial charge in [0, 0.05) is 27.8 Å². The van der Waals surface area contributed by atoms with Crippen molar-refractivity contribution in [1.29, 1.82) is 0 Å². The Morgan fingerprint density at radius 3 is 2.86 bits per heavy atom. The van der Waals surface area contributed by atoms with Gasteiger partial charge < -0.3 is 4.74 Å². The summed E-state index contributed by atoms with van der Waals surface area (Å²) in [7, 11) is 1.63. The topological polar surface area (TPSA) is 29.5 Å². The van der Waals surface area contributed by atoms with Gasteiger partial charge in [-0.25, -0.2) is 9.10 Å². The van der Waals surface area contributed by atoms with Crippen LogP contribution in [0.25, 0.3) is 10.8 Å². The molecule has 0 radical (unpaired) electrons. The Bertz CT molecular complexity index is 726. The molecule has 1 aliphatic heterocycles. The van der Waals surface area contributed by atoms with E-state index in [1.807, 2.05) is 25.1 Å². The number of rotatable bonds is 4. The Labute approximate surface area is 146 Å². The second-order valence-electron chi connectivity index (χ2n) is 5.02. The Kier molecular flexibility index (Phi) is 5.05. The molecule has 22 heavy (non-hydrogen) atoms. The Morgan fingerprint density at radius 2 is 2.09 bits per heavy atom. The summed E-state index contributed by atoms with van der Waals surface area (Å²) in [6.45, 7) is 2.98. The second-order valence-corrected chi connectivity index (χ2v) is 6.81. The molecule has 2 aromatic carbocycles. The van der Waals surface area contributed by atoms with Crippen LogP contribution in [0.2, 0.25) is 0 Å². The van der Waals surface area contributed by atoms with E-state index in [0.29, 0.717) is 6.61 Å². The summed E-state index contributed by atoms with van der Waals surface area (Å²) < 4.78 is 7.44. The van der Waals surface area contributed by atoms with Crippen molar-refractivity contribution in [1.82, 2.24) is 4.31 Å². The molecular weight excluding hydrogens is 409 g/mol. The minimum atomic E-state index is -0.214. The molecule has 114 valence electrons. The number of hydrogen-bond acceptors (Lipinski definition) is 4. The number of fused-ring (bicyclic) bond motifs is 1. The van der Waals surface area contributed by atoms with Crippen molar-refractivity contribution in [3.63, 3.8) is 0 Å². The van der Waals surface area contributed by atoms with Crippen molar-refractivity contribution in [3.8, 4) is 0 Å². The molecule has 0 N–H and O–H groups in total. The first kappa shape index (κ1) is 15.8. The summed E-state index contributed by atoms with van der Waals surface area (Å²) in [5, 5.41) is 2.37. The van der Waals surface area contributed by atoms with Crippen LogP contribution in [0, 0.1) is 0 Å². The molecule has 3 nitrogen and oxygen atoms in total. The van der Waals surface area contributed by atoms with Crippen molar-refractivity contribution in [2.75, 3.05) is 13.2 Å². The molecule has 0 fully saturated rings. The predicted molar refractivity (Wildman–Crippen MR) is 99.7 cm³/mol. The highest BCUT2D eigenvalue weighted by atomic mass is 127. The van der Waals surface area contributed by atoms with E-state index in [4.69, 9.17) is 4.74 Å². The molecule has 1 aliphatic rings. The Morgan fingerprint density at radius 1 is 1.32 bits per heavy atom. The van der Waals surface area contributed by atoms with E-state index >= 15 is 0 Å². The molecule has 1 atom stereocenters. The van der Waals surface area contributed by atoms with Gasteiger partial charge in [-0.3, -0.25) is 0 Å². The lowest BCUT2D eigenvalue weighted by Gasteiger charge is -2.24. The monoisotopic (exact) mass is 425 g/mol. The van der Waals surface area contributed by atoms with Crippen LogP contribution >= 0.6 is 30.3 Å². The molecule has 1 unspecified atom stereocenters. The fourth-order valence-electron chi connectivity index (χ4n) is 2.85. The minimum Gasteiger partial charge on any atom is -0.463 e. The van der Waals surface area contributed by atoms with Gasteiger partial charge in [-0.15, -0.1) is 0 Å². The molecule has 3 rings (SSSR count). The molecular formula is C17H16INO2S. The van der Waals surface area contributed by atoms with Crippen molar-refractivity contribution in [2.24, 2.45) is 0 Å². The first-order valence-electron chi connectivity index (χ1n) is 7.16. The summed E-state index contributed by atoms with van der Waals surface area (Å²) in [6, 6.07) is 14.5. The zero-order valence-electron chi connectivity index (χ0n) is 12.2. The quantitative estimate of drug-likeness (QED) is 0.404. The third-order valence-corrected chi connectivity index (χ3v) is 5.85. The minimum absolute atomic E-state index is 0.0629. The molecule has 0 saturated carbocycles. The van der Waals surface area contributed by atoms with Crippen molar-refractivity contribution in [2.45, 2.75) is 13.0 Å². The van der Waals surface area contributed by atoms with Crippen molar-refractivity contribution >= 4 is 47.1 Å². The summed E-state index contributed by atoms with van der Waals surface area (Å²) in [5.74, 6) is -0.214. The number of esters is 1. The first-order chi connectivity index (χ1) is 10.8. The zero-order chi connectivity index (χ0) is 15.5. The van der Waals surface area contributed by atoms with Crippen LogP contribution in [0.5, 0.6) is 0 Å². The summed E-state index contributed by atoms with van der Waals surface area (Å²) in [6.07, 6.45) is 1.98. The van der Waals surface area contributed by atoms with Gasteiger partial charge in [-0.2, -0.15) is 0 Å². The highest BCUT2D eigenvalue weighted by molar-refractivity contribution is 14.2. The number of carbonyl (C=O) groups excluding carboxylic acids is 1. The van der Waals surface area contributed by atoms with Gasteiger partial charge in [-0.1, -0.05) is 48.5 Å². The maximum Gasteiger partial charge on any atom is 0.335 e. The Hall–Kier alpha value is -1.05. The molecule has 2 aromatic rings. The van der Waals surface area contributed by atoms with Gasteiger partial charge in [0.2, 0.25) is 0 Å². The average Bonchev–Trinajstić information content (AvgIpc) is 2.98. The molecule has 0 spiro atoms. The van der Waals surface area contributed by atoms with Gasteiger partial charge in [0.25, 0.3) is 0 Å². The van der Waals surface area contributed by atoms with Gasteiger partial charge >= 0.3 is 5.97 Å². The maximum absolute atomic E-state index is 12.3. The molecule has 5 heteroatoms. The van der Waals surface area contributed by atoms with E-state index in [9.17, 15) is 4.79 Å². The van der Waals surface area contributed by atoms with E-state index in [0.717, 1.165) is 17.7 Å². The number of nitrogens with zero attached hydrogens (tertiary/aromatic N) is 1. The maximum atomic E-state index is 12.3. The van der Waals surface area contributed by atoms with E-state index in [-0.39, 0.29) is 12.0 Å². The standard InChI is InChI=1S/C17H16INO2S/c1-2-21-17(20)15-10-11-19(22-18)16(15)14-9-5-7-12-6-3-4-8-13(12)14/h3-10,16H,2,11H2,1H3. The fourth-order valence-corrected chi connectivity index (χ4v) is 4.45. The van der Waals surface area contributed by atoms with Crippen LogP contribution in [0.3, 0.4) is 0 Å². The van der Waals surface area contributed by atoms with Gasteiger partial charge in [0.05, 0.1) is 18.2 Å². The highest BCUT2D eigenvalue weighted by Crippen LogP contribution is 2.42. The smallest absolute Gasteiger partial charge is 0.335 e. The van der Waals surface area contributed by atoms with Gasteiger partial charge in [-0.05, 0) is 32.4 Å². The Balaban J connectivity index is 2.09. The van der Waals surface area contributed by atoms with Gasteiger partial charge in [0.1, 0.15) is 0 Å². The van der Waals surface area contributed by atoms with Crippen LogP contribution in [0.15, 0.2) is 54.1 Å². The van der Waals surface area contributed by atoms with Crippen LogP contribution < -0.4 is 0 Å². The van der Waals surface area contributed by atoms with Crippen LogP contribution in [-0.2, 0) is 9.53 Å². The molecule has 0 bridgehead atoms.